The van der Waals surface area contributed by atoms with Crippen molar-refractivity contribution in [3.05, 3.63) is 52.1 Å². The molecule has 0 bridgehead atoms. The van der Waals surface area contributed by atoms with E-state index in [1.165, 1.54) is 6.07 Å². The van der Waals surface area contributed by atoms with Crippen molar-refractivity contribution < 1.29 is 18.1 Å². The number of alkyl halides is 3. The Balaban J connectivity index is 1.65. The third-order valence-electron chi connectivity index (χ3n) is 4.79. The Morgan fingerprint density at radius 3 is 2.44 bits per heavy atom. The molecule has 7 nitrogen and oxygen atoms in total. The SMILES string of the molecule is Cc1nccn1CCN1CCN(c2ccc(C(F)(F)F)cc2[N+](=O)[O-])CC1. The molecule has 1 aromatic heterocycles. The van der Waals surface area contributed by atoms with Crippen molar-refractivity contribution in [1.82, 2.24) is 14.5 Å². The van der Waals surface area contributed by atoms with Crippen molar-refractivity contribution in [2.75, 3.05) is 37.6 Å². The summed E-state index contributed by atoms with van der Waals surface area (Å²) in [6.07, 6.45) is -0.943. The number of nitro benzene ring substituents is 1. The highest BCUT2D eigenvalue weighted by atomic mass is 19.4. The summed E-state index contributed by atoms with van der Waals surface area (Å²) in [5, 5.41) is 11.3. The summed E-state index contributed by atoms with van der Waals surface area (Å²) >= 11 is 0. The van der Waals surface area contributed by atoms with E-state index in [4.69, 9.17) is 0 Å². The molecule has 0 amide bonds. The predicted molar refractivity (Wildman–Crippen MR) is 93.7 cm³/mol. The summed E-state index contributed by atoms with van der Waals surface area (Å²) < 4.78 is 40.6. The van der Waals surface area contributed by atoms with E-state index in [2.05, 4.69) is 9.88 Å². The van der Waals surface area contributed by atoms with Gasteiger partial charge in [-0.25, -0.2) is 4.98 Å². The highest BCUT2D eigenvalue weighted by Crippen LogP contribution is 2.36. The molecule has 0 radical (unpaired) electrons. The average molecular weight is 383 g/mol. The molecule has 2 aromatic rings. The lowest BCUT2D eigenvalue weighted by Gasteiger charge is -2.36. The second kappa shape index (κ2) is 7.55. The molecule has 10 heteroatoms. The summed E-state index contributed by atoms with van der Waals surface area (Å²) in [5.74, 6) is 0.939. The largest absolute Gasteiger partial charge is 0.416 e. The number of halogens is 3. The first-order valence-electron chi connectivity index (χ1n) is 8.56. The first-order valence-corrected chi connectivity index (χ1v) is 8.56. The van der Waals surface area contributed by atoms with Gasteiger partial charge in [0.15, 0.2) is 0 Å². The zero-order chi connectivity index (χ0) is 19.6. The van der Waals surface area contributed by atoms with Gasteiger partial charge in [-0.3, -0.25) is 15.0 Å². The van der Waals surface area contributed by atoms with E-state index in [9.17, 15) is 23.3 Å². The summed E-state index contributed by atoms with van der Waals surface area (Å²) in [4.78, 5) is 18.7. The van der Waals surface area contributed by atoms with Crippen LogP contribution in [0, 0.1) is 17.0 Å². The fraction of sp³-hybridized carbons (Fsp3) is 0.471. The molecule has 0 aliphatic carbocycles. The third kappa shape index (κ3) is 4.38. The fourth-order valence-corrected chi connectivity index (χ4v) is 3.21. The van der Waals surface area contributed by atoms with Crippen LogP contribution in [0.1, 0.15) is 11.4 Å². The minimum absolute atomic E-state index is 0.234. The standard InChI is InChI=1S/C17H20F3N5O2/c1-13-21-4-5-23(13)9-6-22-7-10-24(11-8-22)15-3-2-14(17(18,19)20)12-16(15)25(26)27/h2-5,12H,6-11H2,1H3. The van der Waals surface area contributed by atoms with Crippen molar-refractivity contribution >= 4 is 11.4 Å². The van der Waals surface area contributed by atoms with Crippen LogP contribution in [-0.2, 0) is 12.7 Å². The van der Waals surface area contributed by atoms with Gasteiger partial charge in [0.2, 0.25) is 0 Å². The topological polar surface area (TPSA) is 67.4 Å². The number of piperazine rings is 1. The van der Waals surface area contributed by atoms with E-state index < -0.39 is 22.4 Å². The Morgan fingerprint density at radius 2 is 1.89 bits per heavy atom. The van der Waals surface area contributed by atoms with Crippen LogP contribution < -0.4 is 4.90 Å². The molecular weight excluding hydrogens is 363 g/mol. The van der Waals surface area contributed by atoms with Crippen LogP contribution in [0.4, 0.5) is 24.5 Å². The molecule has 1 aliphatic heterocycles. The molecule has 1 fully saturated rings. The number of aromatic nitrogens is 2. The second-order valence-corrected chi connectivity index (χ2v) is 6.45. The number of anilines is 1. The quantitative estimate of drug-likeness (QED) is 0.587. The van der Waals surface area contributed by atoms with Crippen molar-refractivity contribution in [2.45, 2.75) is 19.6 Å². The van der Waals surface area contributed by atoms with E-state index in [0.717, 1.165) is 25.0 Å². The highest BCUT2D eigenvalue weighted by Gasteiger charge is 2.34. The minimum Gasteiger partial charge on any atom is -0.363 e. The molecule has 0 unspecified atom stereocenters. The van der Waals surface area contributed by atoms with E-state index in [1.807, 2.05) is 17.7 Å². The van der Waals surface area contributed by atoms with Gasteiger partial charge in [-0.15, -0.1) is 0 Å². The molecule has 3 rings (SSSR count). The van der Waals surface area contributed by atoms with Crippen LogP contribution in [0.5, 0.6) is 0 Å². The zero-order valence-corrected chi connectivity index (χ0v) is 14.8. The average Bonchev–Trinajstić information content (AvgIpc) is 3.04. The molecule has 0 atom stereocenters. The van der Waals surface area contributed by atoms with Crippen LogP contribution in [0.3, 0.4) is 0 Å². The summed E-state index contributed by atoms with van der Waals surface area (Å²) in [6, 6.07) is 2.71. The van der Waals surface area contributed by atoms with Crippen molar-refractivity contribution in [3.63, 3.8) is 0 Å². The van der Waals surface area contributed by atoms with Crippen LogP contribution in [-0.4, -0.2) is 52.1 Å². The van der Waals surface area contributed by atoms with Gasteiger partial charge in [-0.1, -0.05) is 0 Å². The Bertz CT molecular complexity index is 813. The molecule has 1 saturated heterocycles. The lowest BCUT2D eigenvalue weighted by Crippen LogP contribution is -2.47. The molecule has 1 aromatic carbocycles. The van der Waals surface area contributed by atoms with Crippen molar-refractivity contribution in [3.8, 4) is 0 Å². The van der Waals surface area contributed by atoms with E-state index in [0.29, 0.717) is 32.2 Å². The van der Waals surface area contributed by atoms with Gasteiger partial charge in [-0.2, -0.15) is 13.2 Å². The predicted octanol–water partition coefficient (Wildman–Crippen LogP) is 2.94. The lowest BCUT2D eigenvalue weighted by molar-refractivity contribution is -0.384. The van der Waals surface area contributed by atoms with Gasteiger partial charge < -0.3 is 9.47 Å². The number of aryl methyl sites for hydroxylation is 1. The van der Waals surface area contributed by atoms with Crippen LogP contribution in [0.2, 0.25) is 0 Å². The van der Waals surface area contributed by atoms with Crippen LogP contribution >= 0.6 is 0 Å². The lowest BCUT2D eigenvalue weighted by atomic mass is 10.1. The first kappa shape index (κ1) is 19.2. The van der Waals surface area contributed by atoms with Gasteiger partial charge in [0.05, 0.1) is 10.5 Å². The smallest absolute Gasteiger partial charge is 0.363 e. The van der Waals surface area contributed by atoms with Crippen molar-refractivity contribution in [2.24, 2.45) is 0 Å². The molecule has 0 spiro atoms. The third-order valence-corrected chi connectivity index (χ3v) is 4.79. The number of imidazole rings is 1. The van der Waals surface area contributed by atoms with Gasteiger partial charge in [0.25, 0.3) is 5.69 Å². The maximum atomic E-state index is 12.8. The van der Waals surface area contributed by atoms with Gasteiger partial charge in [0.1, 0.15) is 11.5 Å². The van der Waals surface area contributed by atoms with Gasteiger partial charge in [0, 0.05) is 57.7 Å². The summed E-state index contributed by atoms with van der Waals surface area (Å²) in [6.45, 7) is 5.97. The molecule has 2 heterocycles. The molecule has 27 heavy (non-hydrogen) atoms. The number of hydrogen-bond acceptors (Lipinski definition) is 5. The monoisotopic (exact) mass is 383 g/mol. The van der Waals surface area contributed by atoms with Crippen molar-refractivity contribution in [1.29, 1.82) is 0 Å². The molecule has 1 aliphatic rings. The Morgan fingerprint density at radius 1 is 1.19 bits per heavy atom. The first-order chi connectivity index (χ1) is 12.8. The Kier molecular flexibility index (Phi) is 5.36. The fourth-order valence-electron chi connectivity index (χ4n) is 3.21. The molecule has 0 saturated carbocycles. The van der Waals surface area contributed by atoms with Crippen LogP contribution in [0.25, 0.3) is 0 Å². The molecular formula is C17H20F3N5O2. The maximum absolute atomic E-state index is 12.8. The number of benzene rings is 1. The molecule has 0 N–H and O–H groups in total. The van der Waals surface area contributed by atoms with E-state index >= 15 is 0 Å². The molecule has 146 valence electrons. The number of nitrogens with zero attached hydrogens (tertiary/aromatic N) is 5. The summed E-state index contributed by atoms with van der Waals surface area (Å²) in [5.41, 5.74) is -1.28. The minimum atomic E-state index is -4.60. The van der Waals surface area contributed by atoms with Gasteiger partial charge >= 0.3 is 6.18 Å². The van der Waals surface area contributed by atoms with E-state index in [1.54, 1.807) is 11.1 Å². The number of hydrogen-bond donors (Lipinski definition) is 0. The Hall–Kier alpha value is -2.62. The van der Waals surface area contributed by atoms with Gasteiger partial charge in [-0.05, 0) is 19.1 Å². The maximum Gasteiger partial charge on any atom is 0.416 e. The Labute approximate surface area is 154 Å². The van der Waals surface area contributed by atoms with Crippen LogP contribution in [0.15, 0.2) is 30.6 Å². The highest BCUT2D eigenvalue weighted by molar-refractivity contribution is 5.65. The zero-order valence-electron chi connectivity index (χ0n) is 14.8. The normalized spacial score (nSPS) is 15.9. The number of nitro groups is 1. The summed E-state index contributed by atoms with van der Waals surface area (Å²) in [7, 11) is 0. The number of rotatable bonds is 5. The second-order valence-electron chi connectivity index (χ2n) is 6.45. The van der Waals surface area contributed by atoms with E-state index in [-0.39, 0.29) is 5.69 Å².